The first-order valence-electron chi connectivity index (χ1n) is 8.70. The molecular formula is C21H23NO5. The van der Waals surface area contributed by atoms with Crippen LogP contribution in [0, 0.1) is 0 Å². The molecule has 27 heavy (non-hydrogen) atoms. The number of amides is 1. The van der Waals surface area contributed by atoms with Crippen LogP contribution in [0.5, 0.6) is 0 Å². The molecular weight excluding hydrogens is 346 g/mol. The highest BCUT2D eigenvalue weighted by Gasteiger charge is 2.12. The van der Waals surface area contributed by atoms with Gasteiger partial charge in [0.25, 0.3) is 5.91 Å². The fourth-order valence-electron chi connectivity index (χ4n) is 2.40. The lowest BCUT2D eigenvalue weighted by molar-refractivity contribution is -0.119. The van der Waals surface area contributed by atoms with E-state index in [4.69, 9.17) is 4.74 Å². The summed E-state index contributed by atoms with van der Waals surface area (Å²) in [5.41, 5.74) is 2.42. The van der Waals surface area contributed by atoms with Crippen LogP contribution in [0.1, 0.15) is 52.5 Å². The van der Waals surface area contributed by atoms with Crippen molar-refractivity contribution in [2.24, 2.45) is 0 Å². The molecule has 2 rings (SSSR count). The van der Waals surface area contributed by atoms with E-state index in [1.54, 1.807) is 0 Å². The largest absolute Gasteiger partial charge is 0.465 e. The Bertz CT molecular complexity index is 796. The molecule has 1 atom stereocenters. The molecule has 0 radical (unpaired) electrons. The van der Waals surface area contributed by atoms with Gasteiger partial charge in [-0.1, -0.05) is 26.0 Å². The second kappa shape index (κ2) is 9.52. The van der Waals surface area contributed by atoms with Gasteiger partial charge in [-0.15, -0.1) is 0 Å². The first-order valence-corrected chi connectivity index (χ1v) is 8.70. The molecule has 0 saturated heterocycles. The van der Waals surface area contributed by atoms with Gasteiger partial charge in [-0.2, -0.15) is 0 Å². The van der Waals surface area contributed by atoms with Gasteiger partial charge in [-0.3, -0.25) is 4.79 Å². The minimum atomic E-state index is -0.645. The first kappa shape index (κ1) is 20.2. The number of carbonyl (C=O) groups is 3. The van der Waals surface area contributed by atoms with Crippen LogP contribution >= 0.6 is 0 Å². The van der Waals surface area contributed by atoms with Gasteiger partial charge >= 0.3 is 11.9 Å². The topological polar surface area (TPSA) is 81.7 Å². The monoisotopic (exact) mass is 369 g/mol. The number of carbonyl (C=O) groups excluding carboxylic acids is 3. The van der Waals surface area contributed by atoms with E-state index in [2.05, 4.69) is 23.9 Å². The normalized spacial score (nSPS) is 11.4. The lowest BCUT2D eigenvalue weighted by Crippen LogP contribution is -2.21. The molecule has 0 spiro atoms. The van der Waals surface area contributed by atoms with Crippen molar-refractivity contribution in [2.45, 2.75) is 26.2 Å². The van der Waals surface area contributed by atoms with Crippen molar-refractivity contribution in [3.05, 3.63) is 65.2 Å². The number of hydrogen-bond acceptors (Lipinski definition) is 5. The third kappa shape index (κ3) is 5.67. The molecule has 6 nitrogen and oxygen atoms in total. The zero-order chi connectivity index (χ0) is 19.8. The molecule has 6 heteroatoms. The van der Waals surface area contributed by atoms with Gasteiger partial charge in [-0.25, -0.2) is 9.59 Å². The number of ether oxygens (including phenoxy) is 2. The van der Waals surface area contributed by atoms with E-state index in [-0.39, 0.29) is 5.56 Å². The zero-order valence-electron chi connectivity index (χ0n) is 15.7. The average Bonchev–Trinajstić information content (AvgIpc) is 2.71. The zero-order valence-corrected chi connectivity index (χ0v) is 15.7. The molecule has 1 amide bonds. The highest BCUT2D eigenvalue weighted by molar-refractivity contribution is 5.96. The summed E-state index contributed by atoms with van der Waals surface area (Å²) in [5.74, 6) is -1.10. The van der Waals surface area contributed by atoms with E-state index in [0.29, 0.717) is 17.2 Å². The van der Waals surface area contributed by atoms with Crippen molar-refractivity contribution >= 4 is 23.5 Å². The van der Waals surface area contributed by atoms with Crippen LogP contribution in [0.15, 0.2) is 48.5 Å². The number of hydrogen-bond donors (Lipinski definition) is 1. The lowest BCUT2D eigenvalue weighted by atomic mass is 9.99. The molecule has 142 valence electrons. The van der Waals surface area contributed by atoms with Crippen LogP contribution in [-0.2, 0) is 14.3 Å². The summed E-state index contributed by atoms with van der Waals surface area (Å²) in [6, 6.07) is 13.4. The van der Waals surface area contributed by atoms with Crippen LogP contribution < -0.4 is 5.32 Å². The van der Waals surface area contributed by atoms with Crippen molar-refractivity contribution in [2.75, 3.05) is 19.0 Å². The quantitative estimate of drug-likeness (QED) is 0.751. The Labute approximate surface area is 158 Å². The fraction of sp³-hybridized carbons (Fsp3) is 0.286. The van der Waals surface area contributed by atoms with E-state index in [1.807, 2.05) is 24.3 Å². The molecule has 0 aliphatic rings. The molecule has 0 bridgehead atoms. The van der Waals surface area contributed by atoms with E-state index >= 15 is 0 Å². The molecule has 1 unspecified atom stereocenters. The number of rotatable bonds is 7. The number of benzene rings is 2. The Balaban J connectivity index is 1.85. The van der Waals surface area contributed by atoms with Crippen LogP contribution in [0.3, 0.4) is 0 Å². The first-order chi connectivity index (χ1) is 12.9. The van der Waals surface area contributed by atoms with Gasteiger partial charge in [0.05, 0.1) is 18.2 Å². The van der Waals surface area contributed by atoms with Gasteiger partial charge in [0, 0.05) is 5.69 Å². The Hall–Kier alpha value is -3.15. The molecule has 0 saturated carbocycles. The van der Waals surface area contributed by atoms with E-state index < -0.39 is 24.5 Å². The standard InChI is InChI=1S/C21H23NO5/c1-4-14(2)15-9-11-18(12-10-15)22-19(23)13-27-21(25)17-7-5-16(6-8-17)20(24)26-3/h5-12,14H,4,13H2,1-3H3,(H,22,23). The minimum absolute atomic E-state index is 0.244. The van der Waals surface area contributed by atoms with Crippen LogP contribution in [0.2, 0.25) is 0 Å². The molecule has 1 N–H and O–H groups in total. The number of nitrogens with one attached hydrogen (secondary N) is 1. The van der Waals surface area contributed by atoms with E-state index in [1.165, 1.54) is 36.9 Å². The van der Waals surface area contributed by atoms with Gasteiger partial charge < -0.3 is 14.8 Å². The highest BCUT2D eigenvalue weighted by atomic mass is 16.5. The Morgan fingerprint density at radius 2 is 1.48 bits per heavy atom. The van der Waals surface area contributed by atoms with Gasteiger partial charge in [0.1, 0.15) is 0 Å². The second-order valence-electron chi connectivity index (χ2n) is 6.12. The molecule has 0 aromatic heterocycles. The van der Waals surface area contributed by atoms with Crippen LogP contribution in [-0.4, -0.2) is 31.6 Å². The molecule has 0 heterocycles. The molecule has 0 fully saturated rings. The maximum absolute atomic E-state index is 12.0. The third-order valence-electron chi connectivity index (χ3n) is 4.25. The molecule has 2 aromatic rings. The predicted molar refractivity (Wildman–Crippen MR) is 102 cm³/mol. The van der Waals surface area contributed by atoms with Crippen molar-refractivity contribution < 1.29 is 23.9 Å². The summed E-state index contributed by atoms with van der Waals surface area (Å²) >= 11 is 0. The van der Waals surface area contributed by atoms with E-state index in [0.717, 1.165) is 6.42 Å². The van der Waals surface area contributed by atoms with Gasteiger partial charge in [-0.05, 0) is 54.3 Å². The SMILES string of the molecule is CCC(C)c1ccc(NC(=O)COC(=O)c2ccc(C(=O)OC)cc2)cc1. The molecule has 0 aliphatic heterocycles. The molecule has 2 aromatic carbocycles. The van der Waals surface area contributed by atoms with E-state index in [9.17, 15) is 14.4 Å². The Morgan fingerprint density at radius 1 is 0.926 bits per heavy atom. The number of esters is 2. The predicted octanol–water partition coefficient (Wildman–Crippen LogP) is 3.78. The highest BCUT2D eigenvalue weighted by Crippen LogP contribution is 2.20. The summed E-state index contributed by atoms with van der Waals surface area (Å²) in [4.78, 5) is 35.3. The van der Waals surface area contributed by atoms with Crippen molar-refractivity contribution in [1.82, 2.24) is 0 Å². The fourth-order valence-corrected chi connectivity index (χ4v) is 2.40. The second-order valence-corrected chi connectivity index (χ2v) is 6.12. The summed E-state index contributed by atoms with van der Waals surface area (Å²) in [6.45, 7) is 3.87. The summed E-state index contributed by atoms with van der Waals surface area (Å²) in [6.07, 6.45) is 1.04. The summed E-state index contributed by atoms with van der Waals surface area (Å²) in [5, 5.41) is 2.69. The van der Waals surface area contributed by atoms with Crippen molar-refractivity contribution in [3.63, 3.8) is 0 Å². The lowest BCUT2D eigenvalue weighted by Gasteiger charge is -2.11. The third-order valence-corrected chi connectivity index (χ3v) is 4.25. The van der Waals surface area contributed by atoms with Crippen molar-refractivity contribution in [1.29, 1.82) is 0 Å². The number of methoxy groups -OCH3 is 1. The minimum Gasteiger partial charge on any atom is -0.465 e. The van der Waals surface area contributed by atoms with Crippen molar-refractivity contribution in [3.8, 4) is 0 Å². The molecule has 0 aliphatic carbocycles. The smallest absolute Gasteiger partial charge is 0.338 e. The summed E-state index contributed by atoms with van der Waals surface area (Å²) < 4.78 is 9.59. The Kier molecular flexibility index (Phi) is 7.11. The van der Waals surface area contributed by atoms with Crippen LogP contribution in [0.25, 0.3) is 0 Å². The van der Waals surface area contributed by atoms with Gasteiger partial charge in [0.15, 0.2) is 6.61 Å². The number of anilines is 1. The van der Waals surface area contributed by atoms with Crippen LogP contribution in [0.4, 0.5) is 5.69 Å². The summed E-state index contributed by atoms with van der Waals surface area (Å²) in [7, 11) is 1.28. The maximum atomic E-state index is 12.0. The Morgan fingerprint density at radius 3 is 2.00 bits per heavy atom. The average molecular weight is 369 g/mol. The maximum Gasteiger partial charge on any atom is 0.338 e. The van der Waals surface area contributed by atoms with Gasteiger partial charge in [0.2, 0.25) is 0 Å².